The summed E-state index contributed by atoms with van der Waals surface area (Å²) < 4.78 is 18.2. The number of hydrogen-bond donors (Lipinski definition) is 0. The van der Waals surface area contributed by atoms with Gasteiger partial charge in [-0.2, -0.15) is 0 Å². The Kier molecular flexibility index (Phi) is 3.28. The monoisotopic (exact) mass is 288 g/mol. The molecule has 100 valence electrons. The number of rotatable bonds is 3. The lowest BCUT2D eigenvalue weighted by molar-refractivity contribution is 0.0988. The van der Waals surface area contributed by atoms with E-state index in [4.69, 9.17) is 16.0 Å². The fraction of sp³-hybridized carbons (Fsp3) is 0.0625. The first kappa shape index (κ1) is 12.9. The van der Waals surface area contributed by atoms with Crippen molar-refractivity contribution in [3.05, 3.63) is 71.7 Å². The van der Waals surface area contributed by atoms with Crippen LogP contribution in [0.1, 0.15) is 21.3 Å². The zero-order chi connectivity index (χ0) is 14.1. The third-order valence-corrected chi connectivity index (χ3v) is 3.59. The lowest BCUT2D eigenvalue weighted by Crippen LogP contribution is -2.06. The predicted molar refractivity (Wildman–Crippen MR) is 75.5 cm³/mol. The highest BCUT2D eigenvalue weighted by Crippen LogP contribution is 2.29. The van der Waals surface area contributed by atoms with Crippen LogP contribution in [0.25, 0.3) is 11.0 Å². The normalized spacial score (nSPS) is 12.5. The van der Waals surface area contributed by atoms with E-state index in [0.29, 0.717) is 16.7 Å². The Morgan fingerprint density at radius 1 is 1.10 bits per heavy atom. The fourth-order valence-electron chi connectivity index (χ4n) is 2.09. The summed E-state index contributed by atoms with van der Waals surface area (Å²) in [7, 11) is 0. The molecule has 0 saturated heterocycles. The highest BCUT2D eigenvalue weighted by Gasteiger charge is 2.23. The molecule has 0 aliphatic heterocycles. The van der Waals surface area contributed by atoms with Gasteiger partial charge >= 0.3 is 0 Å². The number of halogens is 2. The molecule has 2 aromatic carbocycles. The molecular formula is C16H10ClFO2. The van der Waals surface area contributed by atoms with Gasteiger partial charge in [-0.05, 0) is 23.8 Å². The number of fused-ring (bicyclic) bond motifs is 1. The van der Waals surface area contributed by atoms with Crippen molar-refractivity contribution in [2.75, 3.05) is 0 Å². The Hall–Kier alpha value is -2.13. The first-order valence-corrected chi connectivity index (χ1v) is 6.50. The molecule has 0 aliphatic rings. The Bertz CT molecular complexity index is 762. The Morgan fingerprint density at radius 2 is 1.80 bits per heavy atom. The van der Waals surface area contributed by atoms with Gasteiger partial charge in [0.2, 0.25) is 0 Å². The highest BCUT2D eigenvalue weighted by atomic mass is 35.5. The predicted octanol–water partition coefficient (Wildman–Crippen LogP) is 4.73. The Balaban J connectivity index is 1.97. The molecule has 0 spiro atoms. The van der Waals surface area contributed by atoms with Gasteiger partial charge in [-0.15, -0.1) is 11.6 Å². The summed E-state index contributed by atoms with van der Waals surface area (Å²) in [5, 5.41) is -0.137. The van der Waals surface area contributed by atoms with Crippen molar-refractivity contribution in [3.8, 4) is 0 Å². The maximum absolute atomic E-state index is 12.9. The molecule has 0 radical (unpaired) electrons. The lowest BCUT2D eigenvalue weighted by atomic mass is 10.0. The van der Waals surface area contributed by atoms with Gasteiger partial charge in [0, 0.05) is 5.39 Å². The molecule has 0 aliphatic carbocycles. The maximum atomic E-state index is 12.9. The van der Waals surface area contributed by atoms with E-state index >= 15 is 0 Å². The summed E-state index contributed by atoms with van der Waals surface area (Å²) in [6.07, 6.45) is 1.41. The largest absolute Gasteiger partial charge is 0.464 e. The van der Waals surface area contributed by atoms with Gasteiger partial charge in [0.15, 0.2) is 5.78 Å². The second kappa shape index (κ2) is 5.10. The van der Waals surface area contributed by atoms with E-state index in [9.17, 15) is 9.18 Å². The van der Waals surface area contributed by atoms with E-state index in [-0.39, 0.29) is 11.6 Å². The Morgan fingerprint density at radius 3 is 2.55 bits per heavy atom. The quantitative estimate of drug-likeness (QED) is 0.515. The molecule has 0 bridgehead atoms. The molecule has 0 amide bonds. The maximum Gasteiger partial charge on any atom is 0.188 e. The van der Waals surface area contributed by atoms with Gasteiger partial charge in [0.25, 0.3) is 0 Å². The van der Waals surface area contributed by atoms with Crippen LogP contribution < -0.4 is 0 Å². The first-order valence-electron chi connectivity index (χ1n) is 6.07. The summed E-state index contributed by atoms with van der Waals surface area (Å²) in [4.78, 5) is 12.4. The van der Waals surface area contributed by atoms with Gasteiger partial charge in [0.05, 0.1) is 5.56 Å². The van der Waals surface area contributed by atoms with E-state index in [1.165, 1.54) is 30.5 Å². The molecule has 1 atom stereocenters. The van der Waals surface area contributed by atoms with E-state index in [1.54, 1.807) is 12.1 Å². The number of ketones is 1. The van der Waals surface area contributed by atoms with Crippen molar-refractivity contribution < 1.29 is 13.6 Å². The molecular weight excluding hydrogens is 279 g/mol. The van der Waals surface area contributed by atoms with E-state index in [0.717, 1.165) is 5.39 Å². The van der Waals surface area contributed by atoms with Crippen LogP contribution in [0.5, 0.6) is 0 Å². The summed E-state index contributed by atoms with van der Waals surface area (Å²) in [5.74, 6) is -0.623. The molecule has 0 N–H and O–H groups in total. The Labute approximate surface area is 119 Å². The molecule has 0 fully saturated rings. The second-order valence-electron chi connectivity index (χ2n) is 4.42. The van der Waals surface area contributed by atoms with Crippen LogP contribution in [0, 0.1) is 5.82 Å². The van der Waals surface area contributed by atoms with Crippen molar-refractivity contribution >= 4 is 28.4 Å². The van der Waals surface area contributed by atoms with Crippen LogP contribution in [-0.4, -0.2) is 5.78 Å². The van der Waals surface area contributed by atoms with E-state index in [1.807, 2.05) is 12.1 Å². The lowest BCUT2D eigenvalue weighted by Gasteiger charge is -2.07. The topological polar surface area (TPSA) is 30.2 Å². The number of benzene rings is 2. The van der Waals surface area contributed by atoms with Crippen LogP contribution in [0.2, 0.25) is 0 Å². The molecule has 3 rings (SSSR count). The third-order valence-electron chi connectivity index (χ3n) is 3.14. The van der Waals surface area contributed by atoms with Crippen LogP contribution in [0.15, 0.2) is 59.2 Å². The highest BCUT2D eigenvalue weighted by molar-refractivity contribution is 6.35. The van der Waals surface area contributed by atoms with Gasteiger partial charge in [-0.25, -0.2) is 4.39 Å². The SMILES string of the molecule is O=C(c1coc2ccccc12)C(Cl)c1ccc(F)cc1. The number of para-hydroxylation sites is 1. The zero-order valence-electron chi connectivity index (χ0n) is 10.3. The molecule has 3 aromatic rings. The van der Waals surface area contributed by atoms with Crippen molar-refractivity contribution in [2.45, 2.75) is 5.38 Å². The number of hydrogen-bond acceptors (Lipinski definition) is 2. The van der Waals surface area contributed by atoms with Gasteiger partial charge in [0.1, 0.15) is 23.0 Å². The van der Waals surface area contributed by atoms with E-state index < -0.39 is 5.38 Å². The summed E-state index contributed by atoms with van der Waals surface area (Å²) >= 11 is 6.19. The molecule has 0 saturated carbocycles. The standard InChI is InChI=1S/C16H10ClFO2/c17-15(10-5-7-11(18)8-6-10)16(19)13-9-20-14-4-2-1-3-12(13)14/h1-9,15H. The average molecular weight is 289 g/mol. The minimum absolute atomic E-state index is 0.261. The minimum atomic E-state index is -0.864. The smallest absolute Gasteiger partial charge is 0.188 e. The molecule has 1 heterocycles. The van der Waals surface area contributed by atoms with Gasteiger partial charge in [-0.3, -0.25) is 4.79 Å². The molecule has 20 heavy (non-hydrogen) atoms. The van der Waals surface area contributed by atoms with Crippen molar-refractivity contribution in [1.82, 2.24) is 0 Å². The van der Waals surface area contributed by atoms with Crippen LogP contribution in [-0.2, 0) is 0 Å². The van der Waals surface area contributed by atoms with Crippen molar-refractivity contribution in [1.29, 1.82) is 0 Å². The van der Waals surface area contributed by atoms with E-state index in [2.05, 4.69) is 0 Å². The molecule has 1 aromatic heterocycles. The summed E-state index contributed by atoms with van der Waals surface area (Å²) in [6, 6.07) is 12.8. The number of carbonyl (C=O) groups is 1. The fourth-order valence-corrected chi connectivity index (χ4v) is 2.35. The summed E-state index contributed by atoms with van der Waals surface area (Å²) in [6.45, 7) is 0. The molecule has 2 nitrogen and oxygen atoms in total. The third kappa shape index (κ3) is 2.21. The number of carbonyl (C=O) groups excluding carboxylic acids is 1. The molecule has 1 unspecified atom stereocenters. The van der Waals surface area contributed by atoms with Gasteiger partial charge in [-0.1, -0.05) is 30.3 Å². The first-order chi connectivity index (χ1) is 9.66. The second-order valence-corrected chi connectivity index (χ2v) is 4.86. The number of furan rings is 1. The van der Waals surface area contributed by atoms with Crippen LogP contribution in [0.4, 0.5) is 4.39 Å². The van der Waals surface area contributed by atoms with Crippen LogP contribution >= 0.6 is 11.6 Å². The molecule has 4 heteroatoms. The summed E-state index contributed by atoms with van der Waals surface area (Å²) in [5.41, 5.74) is 1.63. The zero-order valence-corrected chi connectivity index (χ0v) is 11.1. The number of alkyl halides is 1. The average Bonchev–Trinajstić information content (AvgIpc) is 2.90. The van der Waals surface area contributed by atoms with Crippen LogP contribution in [0.3, 0.4) is 0 Å². The van der Waals surface area contributed by atoms with Crippen molar-refractivity contribution in [3.63, 3.8) is 0 Å². The van der Waals surface area contributed by atoms with Gasteiger partial charge < -0.3 is 4.42 Å². The minimum Gasteiger partial charge on any atom is -0.464 e. The van der Waals surface area contributed by atoms with Crippen molar-refractivity contribution in [2.24, 2.45) is 0 Å². The number of Topliss-reactive ketones (excluding diaryl/α,β-unsaturated/α-hetero) is 1.